The van der Waals surface area contributed by atoms with Gasteiger partial charge in [-0.25, -0.2) is 4.79 Å². The maximum atomic E-state index is 11.8. The molecule has 0 aliphatic rings. The Bertz CT molecular complexity index is 471. The van der Waals surface area contributed by atoms with Crippen molar-refractivity contribution in [3.8, 4) is 0 Å². The van der Waals surface area contributed by atoms with Crippen LogP contribution in [0.1, 0.15) is 25.0 Å². The van der Waals surface area contributed by atoms with Gasteiger partial charge in [0.25, 0.3) is 0 Å². The van der Waals surface area contributed by atoms with E-state index >= 15 is 0 Å². The molecule has 0 radical (unpaired) electrons. The third-order valence-corrected chi connectivity index (χ3v) is 2.51. The Morgan fingerprint density at radius 1 is 1.53 bits per heavy atom. The molecule has 0 saturated heterocycles. The van der Waals surface area contributed by atoms with Crippen LogP contribution in [0.2, 0.25) is 0 Å². The number of oxime groups is 1. The Balaban J connectivity index is 2.74. The summed E-state index contributed by atoms with van der Waals surface area (Å²) in [6.45, 7) is 4.26. The van der Waals surface area contributed by atoms with E-state index in [1.54, 1.807) is 30.1 Å². The van der Waals surface area contributed by atoms with Crippen LogP contribution >= 0.6 is 0 Å². The van der Waals surface area contributed by atoms with Gasteiger partial charge in [0.15, 0.2) is 5.84 Å². The summed E-state index contributed by atoms with van der Waals surface area (Å²) in [6.07, 6.45) is 0. The minimum absolute atomic E-state index is 0.0520. The highest BCUT2D eigenvalue weighted by molar-refractivity contribution is 5.97. The summed E-state index contributed by atoms with van der Waals surface area (Å²) in [5, 5.41) is 14.4. The predicted octanol–water partition coefficient (Wildman–Crippen LogP) is 1.33. The molecule has 0 spiro atoms. The van der Waals surface area contributed by atoms with Crippen LogP contribution in [0.4, 0.5) is 4.79 Å². The van der Waals surface area contributed by atoms with Crippen molar-refractivity contribution in [1.82, 2.24) is 10.2 Å². The Morgan fingerprint density at radius 2 is 2.21 bits per heavy atom. The predicted molar refractivity (Wildman–Crippen MR) is 74.1 cm³/mol. The van der Waals surface area contributed by atoms with E-state index in [9.17, 15) is 4.79 Å². The van der Waals surface area contributed by atoms with Crippen LogP contribution < -0.4 is 11.1 Å². The number of benzene rings is 1. The molecule has 0 aliphatic heterocycles. The molecule has 0 unspecified atom stereocenters. The molecule has 2 amide bonds. The number of nitrogens with zero attached hydrogens (tertiary/aromatic N) is 2. The molecule has 0 aromatic heterocycles. The molecule has 0 bridgehead atoms. The highest BCUT2D eigenvalue weighted by Gasteiger charge is 2.10. The van der Waals surface area contributed by atoms with Gasteiger partial charge in [0.1, 0.15) is 0 Å². The van der Waals surface area contributed by atoms with Crippen molar-refractivity contribution >= 4 is 11.9 Å². The van der Waals surface area contributed by atoms with Crippen molar-refractivity contribution in [3.63, 3.8) is 0 Å². The highest BCUT2D eigenvalue weighted by Crippen LogP contribution is 2.08. The zero-order valence-corrected chi connectivity index (χ0v) is 11.4. The fourth-order valence-electron chi connectivity index (χ4n) is 1.59. The maximum Gasteiger partial charge on any atom is 0.317 e. The van der Waals surface area contributed by atoms with Gasteiger partial charge >= 0.3 is 6.03 Å². The number of nitrogens with two attached hydrogens (primary N) is 1. The number of amidine groups is 1. The lowest BCUT2D eigenvalue weighted by atomic mass is 10.1. The minimum Gasteiger partial charge on any atom is -0.409 e. The van der Waals surface area contributed by atoms with Gasteiger partial charge in [-0.15, -0.1) is 0 Å². The molecule has 1 rings (SSSR count). The quantitative estimate of drug-likeness (QED) is 0.331. The number of rotatable bonds is 4. The number of urea groups is 1. The normalized spacial score (nSPS) is 11.5. The van der Waals surface area contributed by atoms with Gasteiger partial charge in [-0.3, -0.25) is 0 Å². The van der Waals surface area contributed by atoms with Crippen molar-refractivity contribution in [2.45, 2.75) is 26.4 Å². The molecule has 0 aliphatic carbocycles. The van der Waals surface area contributed by atoms with E-state index in [2.05, 4.69) is 10.5 Å². The standard InChI is InChI=1S/C13H20N4O2/c1-9(2)15-13(18)17(3)8-10-5-4-6-11(7-10)12(14)16-19/h4-7,9,19H,8H2,1-3H3,(H2,14,16)(H,15,18). The molecular weight excluding hydrogens is 244 g/mol. The summed E-state index contributed by atoms with van der Waals surface area (Å²) >= 11 is 0. The van der Waals surface area contributed by atoms with Gasteiger partial charge in [0.2, 0.25) is 0 Å². The number of hydrogen-bond acceptors (Lipinski definition) is 3. The van der Waals surface area contributed by atoms with E-state index < -0.39 is 0 Å². The molecular formula is C13H20N4O2. The second kappa shape index (κ2) is 6.63. The third kappa shape index (κ3) is 4.50. The van der Waals surface area contributed by atoms with Crippen LogP contribution in [0.25, 0.3) is 0 Å². The number of carbonyl (C=O) groups is 1. The lowest BCUT2D eigenvalue weighted by Gasteiger charge is -2.20. The molecule has 0 saturated carbocycles. The Hall–Kier alpha value is -2.24. The Kier molecular flexibility index (Phi) is 5.17. The molecule has 6 nitrogen and oxygen atoms in total. The molecule has 0 atom stereocenters. The molecule has 104 valence electrons. The summed E-state index contributed by atoms with van der Waals surface area (Å²) in [4.78, 5) is 13.3. The average Bonchev–Trinajstić information content (AvgIpc) is 2.37. The van der Waals surface area contributed by atoms with Crippen molar-refractivity contribution < 1.29 is 10.0 Å². The Labute approximate surface area is 112 Å². The second-order valence-electron chi connectivity index (χ2n) is 4.65. The molecule has 6 heteroatoms. The first kappa shape index (κ1) is 14.8. The molecule has 19 heavy (non-hydrogen) atoms. The first-order chi connectivity index (χ1) is 8.93. The van der Waals surface area contributed by atoms with E-state index in [1.807, 2.05) is 19.9 Å². The maximum absolute atomic E-state index is 11.8. The zero-order valence-electron chi connectivity index (χ0n) is 11.4. The van der Waals surface area contributed by atoms with Gasteiger partial charge in [0.05, 0.1) is 0 Å². The first-order valence-electron chi connectivity index (χ1n) is 6.02. The summed E-state index contributed by atoms with van der Waals surface area (Å²) in [6, 6.07) is 7.17. The number of hydrogen-bond donors (Lipinski definition) is 3. The fourth-order valence-corrected chi connectivity index (χ4v) is 1.59. The number of nitrogens with one attached hydrogen (secondary N) is 1. The number of carbonyl (C=O) groups excluding carboxylic acids is 1. The van der Waals surface area contributed by atoms with Gasteiger partial charge in [-0.05, 0) is 25.5 Å². The van der Waals surface area contributed by atoms with Crippen LogP contribution in [-0.4, -0.2) is 35.1 Å². The van der Waals surface area contributed by atoms with Crippen LogP contribution in [0, 0.1) is 0 Å². The second-order valence-corrected chi connectivity index (χ2v) is 4.65. The van der Waals surface area contributed by atoms with Crippen molar-refractivity contribution in [2.24, 2.45) is 10.9 Å². The van der Waals surface area contributed by atoms with Crippen LogP contribution in [-0.2, 0) is 6.54 Å². The summed E-state index contributed by atoms with van der Waals surface area (Å²) in [7, 11) is 1.72. The van der Waals surface area contributed by atoms with Gasteiger partial charge < -0.3 is 21.2 Å². The lowest BCUT2D eigenvalue weighted by Crippen LogP contribution is -2.40. The van der Waals surface area contributed by atoms with Crippen molar-refractivity contribution in [3.05, 3.63) is 35.4 Å². The van der Waals surface area contributed by atoms with Gasteiger partial charge in [-0.1, -0.05) is 23.4 Å². The SMILES string of the molecule is CC(C)NC(=O)N(C)Cc1cccc(C(N)=NO)c1. The monoisotopic (exact) mass is 264 g/mol. The molecule has 0 fully saturated rings. The fraction of sp³-hybridized carbons (Fsp3) is 0.385. The third-order valence-electron chi connectivity index (χ3n) is 2.51. The first-order valence-corrected chi connectivity index (χ1v) is 6.02. The van der Waals surface area contributed by atoms with Crippen LogP contribution in [0.15, 0.2) is 29.4 Å². The lowest BCUT2D eigenvalue weighted by molar-refractivity contribution is 0.204. The van der Waals surface area contributed by atoms with E-state index in [1.165, 1.54) is 0 Å². The smallest absolute Gasteiger partial charge is 0.317 e. The Morgan fingerprint density at radius 3 is 2.79 bits per heavy atom. The van der Waals surface area contributed by atoms with Gasteiger partial charge in [-0.2, -0.15) is 0 Å². The van der Waals surface area contributed by atoms with Gasteiger partial charge in [0, 0.05) is 25.2 Å². The topological polar surface area (TPSA) is 91.0 Å². The average molecular weight is 264 g/mol. The minimum atomic E-state index is -0.135. The summed E-state index contributed by atoms with van der Waals surface area (Å²) in [5.74, 6) is 0.0520. The van der Waals surface area contributed by atoms with Crippen molar-refractivity contribution in [2.75, 3.05) is 7.05 Å². The number of amides is 2. The van der Waals surface area contributed by atoms with E-state index in [4.69, 9.17) is 10.9 Å². The van der Waals surface area contributed by atoms with Crippen LogP contribution in [0.5, 0.6) is 0 Å². The van der Waals surface area contributed by atoms with E-state index in [0.29, 0.717) is 12.1 Å². The molecule has 1 aromatic rings. The van der Waals surface area contributed by atoms with E-state index in [-0.39, 0.29) is 17.9 Å². The summed E-state index contributed by atoms with van der Waals surface area (Å²) in [5.41, 5.74) is 7.06. The highest BCUT2D eigenvalue weighted by atomic mass is 16.4. The summed E-state index contributed by atoms with van der Waals surface area (Å²) < 4.78 is 0. The van der Waals surface area contributed by atoms with Crippen LogP contribution in [0.3, 0.4) is 0 Å². The van der Waals surface area contributed by atoms with E-state index in [0.717, 1.165) is 5.56 Å². The molecule has 0 heterocycles. The largest absolute Gasteiger partial charge is 0.409 e. The molecule has 1 aromatic carbocycles. The van der Waals surface area contributed by atoms with Crippen molar-refractivity contribution in [1.29, 1.82) is 0 Å². The molecule has 4 N–H and O–H groups in total. The zero-order chi connectivity index (χ0) is 14.4.